The number of pyridine rings is 1. The van der Waals surface area contributed by atoms with Gasteiger partial charge in [-0.2, -0.15) is 26.3 Å². The van der Waals surface area contributed by atoms with E-state index in [0.29, 0.717) is 12.3 Å². The molecule has 0 saturated heterocycles. The summed E-state index contributed by atoms with van der Waals surface area (Å²) >= 11 is 5.51. The first kappa shape index (κ1) is 15.7. The zero-order valence-electron chi connectivity index (χ0n) is 8.07. The van der Waals surface area contributed by atoms with Crippen molar-refractivity contribution < 1.29 is 31.4 Å². The van der Waals surface area contributed by atoms with Gasteiger partial charge in [-0.15, -0.1) is 0 Å². The molecule has 1 aromatic heterocycles. The lowest BCUT2D eigenvalue weighted by Gasteiger charge is -2.32. The van der Waals surface area contributed by atoms with E-state index in [1.54, 1.807) is 0 Å². The number of alkyl halides is 6. The summed E-state index contributed by atoms with van der Waals surface area (Å²) in [5, 5.41) is 9.04. The van der Waals surface area contributed by atoms with Gasteiger partial charge in [0.25, 0.3) is 5.60 Å². The average Bonchev–Trinajstić information content (AvgIpc) is 2.17. The van der Waals surface area contributed by atoms with Gasteiger partial charge in [0.15, 0.2) is 0 Å². The second-order valence-electron chi connectivity index (χ2n) is 3.20. The number of halogens is 8. The first-order valence-electron chi connectivity index (χ1n) is 4.08. The highest BCUT2D eigenvalue weighted by atomic mass is 79.9. The summed E-state index contributed by atoms with van der Waals surface area (Å²) in [6.07, 6.45) is -11.5. The minimum Gasteiger partial charge on any atom is -0.369 e. The second-order valence-corrected chi connectivity index (χ2v) is 4.81. The van der Waals surface area contributed by atoms with Gasteiger partial charge in [0.2, 0.25) is 0 Å². The molecule has 0 aliphatic carbocycles. The molecule has 0 saturated carbocycles. The smallest absolute Gasteiger partial charge is 0.369 e. The SMILES string of the molecule is OC(c1cnc(Br)c(Br)c1)(C(F)(F)F)C(F)(F)F. The lowest BCUT2D eigenvalue weighted by molar-refractivity contribution is -0.376. The Kier molecular flexibility index (Phi) is 4.05. The van der Waals surface area contributed by atoms with Crippen molar-refractivity contribution >= 4 is 31.9 Å². The van der Waals surface area contributed by atoms with Crippen LogP contribution in [-0.2, 0) is 5.60 Å². The van der Waals surface area contributed by atoms with Crippen LogP contribution in [0.1, 0.15) is 5.56 Å². The number of rotatable bonds is 1. The maximum Gasteiger partial charge on any atom is 0.430 e. The molecule has 0 radical (unpaired) electrons. The summed E-state index contributed by atoms with van der Waals surface area (Å²) in [4.78, 5) is 3.28. The zero-order valence-corrected chi connectivity index (χ0v) is 11.2. The van der Waals surface area contributed by atoms with E-state index < -0.39 is 23.5 Å². The van der Waals surface area contributed by atoms with Crippen LogP contribution in [0.4, 0.5) is 26.3 Å². The minimum absolute atomic E-state index is 0.0120. The lowest BCUT2D eigenvalue weighted by atomic mass is 9.94. The van der Waals surface area contributed by atoms with Crippen LogP contribution in [0.5, 0.6) is 0 Å². The highest BCUT2D eigenvalue weighted by molar-refractivity contribution is 9.13. The summed E-state index contributed by atoms with van der Waals surface area (Å²) < 4.78 is 74.8. The fraction of sp³-hybridized carbons (Fsp3) is 0.375. The van der Waals surface area contributed by atoms with Gasteiger partial charge in [-0.05, 0) is 37.9 Å². The summed E-state index contributed by atoms with van der Waals surface area (Å²) in [6, 6.07) is 0.498. The van der Waals surface area contributed by atoms with Crippen molar-refractivity contribution in [2.75, 3.05) is 0 Å². The maximum absolute atomic E-state index is 12.5. The minimum atomic E-state index is -5.92. The molecule has 1 N–H and O–H groups in total. The molecule has 1 rings (SSSR count). The van der Waals surface area contributed by atoms with Crippen molar-refractivity contribution in [1.82, 2.24) is 4.98 Å². The van der Waals surface area contributed by atoms with Crippen LogP contribution in [0.15, 0.2) is 21.3 Å². The molecule has 0 spiro atoms. The molecule has 1 heterocycles. The Bertz CT molecular complexity index is 444. The van der Waals surface area contributed by atoms with Gasteiger partial charge in [0, 0.05) is 11.8 Å². The molecule has 0 aliphatic rings. The van der Waals surface area contributed by atoms with E-state index >= 15 is 0 Å². The van der Waals surface area contributed by atoms with Gasteiger partial charge in [-0.25, -0.2) is 4.98 Å². The van der Waals surface area contributed by atoms with Crippen LogP contribution < -0.4 is 0 Å². The van der Waals surface area contributed by atoms with Gasteiger partial charge < -0.3 is 5.11 Å². The highest BCUT2D eigenvalue weighted by Gasteiger charge is 2.71. The van der Waals surface area contributed by atoms with E-state index in [1.165, 1.54) is 0 Å². The largest absolute Gasteiger partial charge is 0.430 e. The summed E-state index contributed by atoms with van der Waals surface area (Å²) in [6.45, 7) is 0. The van der Waals surface area contributed by atoms with Crippen molar-refractivity contribution in [1.29, 1.82) is 0 Å². The van der Waals surface area contributed by atoms with Crippen LogP contribution in [-0.4, -0.2) is 22.4 Å². The van der Waals surface area contributed by atoms with Gasteiger partial charge in [0.05, 0.1) is 4.47 Å². The summed E-state index contributed by atoms with van der Waals surface area (Å²) in [5.74, 6) is 0. The fourth-order valence-electron chi connectivity index (χ4n) is 1.11. The van der Waals surface area contributed by atoms with E-state index in [9.17, 15) is 26.3 Å². The van der Waals surface area contributed by atoms with E-state index in [4.69, 9.17) is 5.11 Å². The van der Waals surface area contributed by atoms with Crippen LogP contribution >= 0.6 is 31.9 Å². The van der Waals surface area contributed by atoms with E-state index in [0.717, 1.165) is 0 Å². The number of aliphatic hydroxyl groups is 1. The molecule has 102 valence electrons. The summed E-state index contributed by atoms with van der Waals surface area (Å²) in [5.41, 5.74) is -6.38. The second kappa shape index (κ2) is 4.64. The van der Waals surface area contributed by atoms with E-state index in [-0.39, 0.29) is 9.08 Å². The van der Waals surface area contributed by atoms with Crippen molar-refractivity contribution in [2.24, 2.45) is 0 Å². The number of hydrogen-bond donors (Lipinski definition) is 1. The molecule has 0 aromatic carbocycles. The van der Waals surface area contributed by atoms with Crippen molar-refractivity contribution in [3.05, 3.63) is 26.9 Å². The predicted molar refractivity (Wildman–Crippen MR) is 55.6 cm³/mol. The monoisotopic (exact) mass is 401 g/mol. The third-order valence-corrected chi connectivity index (χ3v) is 3.80. The van der Waals surface area contributed by atoms with E-state index in [1.807, 2.05) is 0 Å². The Hall–Kier alpha value is -0.350. The Balaban J connectivity index is 3.51. The molecule has 0 unspecified atom stereocenters. The summed E-state index contributed by atoms with van der Waals surface area (Å²) in [7, 11) is 0. The number of nitrogens with zero attached hydrogens (tertiary/aromatic N) is 1. The molecule has 0 aliphatic heterocycles. The van der Waals surface area contributed by atoms with Crippen molar-refractivity contribution in [3.8, 4) is 0 Å². The van der Waals surface area contributed by atoms with Gasteiger partial charge in [0.1, 0.15) is 4.60 Å². The van der Waals surface area contributed by atoms with Crippen LogP contribution in [0.3, 0.4) is 0 Å². The molecule has 1 aromatic rings. The first-order chi connectivity index (χ1) is 7.91. The molecule has 0 bridgehead atoms. The fourth-order valence-corrected chi connectivity index (χ4v) is 1.67. The Morgan fingerprint density at radius 1 is 1.00 bits per heavy atom. The number of aromatic nitrogens is 1. The van der Waals surface area contributed by atoms with Crippen LogP contribution in [0, 0.1) is 0 Å². The van der Waals surface area contributed by atoms with Crippen molar-refractivity contribution in [2.45, 2.75) is 18.0 Å². The molecule has 2 nitrogen and oxygen atoms in total. The lowest BCUT2D eigenvalue weighted by Crippen LogP contribution is -2.54. The number of hydrogen-bond acceptors (Lipinski definition) is 2. The normalized spacial score (nSPS) is 13.8. The molecular formula is C8H3Br2F6NO. The predicted octanol–water partition coefficient (Wildman–Crippen LogP) is 3.92. The third-order valence-electron chi connectivity index (χ3n) is 2.03. The third kappa shape index (κ3) is 2.50. The van der Waals surface area contributed by atoms with Crippen LogP contribution in [0.2, 0.25) is 0 Å². The molecule has 0 amide bonds. The maximum atomic E-state index is 12.5. The molecule has 18 heavy (non-hydrogen) atoms. The quantitative estimate of drug-likeness (QED) is 0.570. The molecule has 0 fully saturated rings. The van der Waals surface area contributed by atoms with Gasteiger partial charge in [-0.1, -0.05) is 0 Å². The topological polar surface area (TPSA) is 33.1 Å². The zero-order chi connectivity index (χ0) is 14.4. The van der Waals surface area contributed by atoms with Crippen molar-refractivity contribution in [3.63, 3.8) is 0 Å². The Morgan fingerprint density at radius 3 is 1.78 bits per heavy atom. The Morgan fingerprint density at radius 2 is 1.44 bits per heavy atom. The van der Waals surface area contributed by atoms with Gasteiger partial charge >= 0.3 is 12.4 Å². The van der Waals surface area contributed by atoms with Crippen LogP contribution in [0.25, 0.3) is 0 Å². The first-order valence-corrected chi connectivity index (χ1v) is 5.67. The van der Waals surface area contributed by atoms with Gasteiger partial charge in [-0.3, -0.25) is 0 Å². The standard InChI is InChI=1S/C8H3Br2F6NO/c9-4-1-3(2-17-5(4)10)6(18,7(11,12)13)8(14,15)16/h1-2,18H. The van der Waals surface area contributed by atoms with E-state index in [2.05, 4.69) is 36.8 Å². The highest BCUT2D eigenvalue weighted by Crippen LogP contribution is 2.50. The molecular weight excluding hydrogens is 400 g/mol. The molecule has 10 heteroatoms. The molecule has 0 atom stereocenters. The Labute approximate surface area is 113 Å². The average molecular weight is 403 g/mol.